The number of hydrogen-bond acceptors (Lipinski definition) is 3. The Morgan fingerprint density at radius 3 is 2.71 bits per heavy atom. The number of aliphatic hydroxyl groups excluding tert-OH is 2. The van der Waals surface area contributed by atoms with Crippen molar-refractivity contribution in [3.8, 4) is 0 Å². The Balaban J connectivity index is 2.04. The van der Waals surface area contributed by atoms with Gasteiger partial charge in [0, 0.05) is 6.20 Å². The van der Waals surface area contributed by atoms with Crippen LogP contribution in [0, 0.1) is 11.6 Å². The van der Waals surface area contributed by atoms with Gasteiger partial charge in [-0.2, -0.15) is 0 Å². The molecule has 0 saturated carbocycles. The van der Waals surface area contributed by atoms with Crippen LogP contribution in [0.5, 0.6) is 0 Å². The molecule has 1 aromatic heterocycles. The highest BCUT2D eigenvalue weighted by Crippen LogP contribution is 2.36. The van der Waals surface area contributed by atoms with Crippen molar-refractivity contribution in [2.45, 2.75) is 31.0 Å². The van der Waals surface area contributed by atoms with Gasteiger partial charge in [-0.15, -0.1) is 0 Å². The van der Waals surface area contributed by atoms with Crippen LogP contribution in [0.2, 0.25) is 0 Å². The van der Waals surface area contributed by atoms with Crippen LogP contribution in [0.4, 0.5) is 8.78 Å². The largest absolute Gasteiger partial charge is 0.390 e. The molecule has 110 valence electrons. The van der Waals surface area contributed by atoms with Crippen LogP contribution in [0.15, 0.2) is 36.5 Å². The van der Waals surface area contributed by atoms with E-state index in [1.807, 2.05) is 0 Å². The van der Waals surface area contributed by atoms with Gasteiger partial charge in [-0.1, -0.05) is 18.2 Å². The van der Waals surface area contributed by atoms with Crippen molar-refractivity contribution in [2.75, 3.05) is 0 Å². The third-order valence-electron chi connectivity index (χ3n) is 3.98. The Morgan fingerprint density at radius 2 is 1.90 bits per heavy atom. The third-order valence-corrected chi connectivity index (χ3v) is 3.98. The van der Waals surface area contributed by atoms with Gasteiger partial charge in [-0.25, -0.2) is 8.78 Å². The first kappa shape index (κ1) is 14.1. The van der Waals surface area contributed by atoms with Gasteiger partial charge in [-0.3, -0.25) is 4.98 Å². The van der Waals surface area contributed by atoms with E-state index in [1.54, 1.807) is 12.1 Å². The highest BCUT2D eigenvalue weighted by atomic mass is 19.2. The summed E-state index contributed by atoms with van der Waals surface area (Å²) < 4.78 is 27.4. The molecule has 1 aromatic carbocycles. The number of fused-ring (bicyclic) bond motifs is 1. The van der Waals surface area contributed by atoms with Crippen molar-refractivity contribution in [1.82, 2.24) is 4.98 Å². The number of benzene rings is 1. The fraction of sp³-hybridized carbons (Fsp3) is 0.312. The van der Waals surface area contributed by atoms with Gasteiger partial charge < -0.3 is 10.2 Å². The molecule has 5 heteroatoms. The highest BCUT2D eigenvalue weighted by molar-refractivity contribution is 5.31. The zero-order valence-electron chi connectivity index (χ0n) is 11.2. The summed E-state index contributed by atoms with van der Waals surface area (Å²) in [6, 6.07) is 7.54. The molecule has 0 unspecified atom stereocenters. The van der Waals surface area contributed by atoms with E-state index in [-0.39, 0.29) is 12.0 Å². The van der Waals surface area contributed by atoms with Gasteiger partial charge in [0.2, 0.25) is 0 Å². The molecule has 1 aliphatic rings. The predicted molar refractivity (Wildman–Crippen MR) is 72.6 cm³/mol. The molecule has 0 spiro atoms. The average molecular weight is 291 g/mol. The van der Waals surface area contributed by atoms with E-state index in [0.29, 0.717) is 12.1 Å². The van der Waals surface area contributed by atoms with E-state index in [1.165, 1.54) is 18.3 Å². The smallest absolute Gasteiger partial charge is 0.162 e. The van der Waals surface area contributed by atoms with Gasteiger partial charge in [-0.05, 0) is 42.0 Å². The first-order valence-corrected chi connectivity index (χ1v) is 6.81. The average Bonchev–Trinajstić information content (AvgIpc) is 2.60. The molecule has 3 atom stereocenters. The Bertz CT molecular complexity index is 662. The molecule has 3 rings (SSSR count). The molecule has 0 aliphatic heterocycles. The monoisotopic (exact) mass is 291 g/mol. The van der Waals surface area contributed by atoms with E-state index in [9.17, 15) is 19.0 Å². The molecule has 21 heavy (non-hydrogen) atoms. The highest BCUT2D eigenvalue weighted by Gasteiger charge is 2.32. The van der Waals surface area contributed by atoms with Crippen LogP contribution >= 0.6 is 0 Å². The summed E-state index contributed by atoms with van der Waals surface area (Å²) in [6.07, 6.45) is -0.0791. The first-order valence-electron chi connectivity index (χ1n) is 6.81. The lowest BCUT2D eigenvalue weighted by molar-refractivity contribution is 0.0101. The molecular weight excluding hydrogens is 276 g/mol. The van der Waals surface area contributed by atoms with Gasteiger partial charge in [0.15, 0.2) is 11.6 Å². The molecule has 3 nitrogen and oxygen atoms in total. The van der Waals surface area contributed by atoms with E-state index in [4.69, 9.17) is 0 Å². The number of aliphatic hydroxyl groups is 2. The number of pyridine rings is 1. The van der Waals surface area contributed by atoms with Crippen LogP contribution < -0.4 is 0 Å². The Labute approximate surface area is 120 Å². The van der Waals surface area contributed by atoms with E-state index in [2.05, 4.69) is 4.98 Å². The van der Waals surface area contributed by atoms with Crippen LogP contribution in [0.25, 0.3) is 0 Å². The lowest BCUT2D eigenvalue weighted by Crippen LogP contribution is -2.20. The van der Waals surface area contributed by atoms with Crippen LogP contribution in [-0.2, 0) is 6.42 Å². The van der Waals surface area contributed by atoms with Crippen LogP contribution in [0.3, 0.4) is 0 Å². The number of hydrogen-bond donors (Lipinski definition) is 2. The number of aromatic nitrogens is 1. The molecule has 0 bridgehead atoms. The fourth-order valence-electron chi connectivity index (χ4n) is 2.91. The molecule has 0 amide bonds. The Kier molecular flexibility index (Phi) is 3.69. The van der Waals surface area contributed by atoms with Gasteiger partial charge >= 0.3 is 0 Å². The maximum atomic E-state index is 14.0. The molecular formula is C16H15F2NO2. The maximum Gasteiger partial charge on any atom is 0.162 e. The zero-order chi connectivity index (χ0) is 15.0. The maximum absolute atomic E-state index is 14.0. The summed E-state index contributed by atoms with van der Waals surface area (Å²) in [4.78, 5) is 4.10. The molecule has 0 radical (unpaired) electrons. The summed E-state index contributed by atoms with van der Waals surface area (Å²) in [6.45, 7) is 0. The second-order valence-electron chi connectivity index (χ2n) is 5.34. The van der Waals surface area contributed by atoms with Crippen molar-refractivity contribution < 1.29 is 19.0 Å². The first-order chi connectivity index (χ1) is 10.1. The van der Waals surface area contributed by atoms with Crippen LogP contribution in [-0.4, -0.2) is 21.3 Å². The lowest BCUT2D eigenvalue weighted by atomic mass is 9.89. The predicted octanol–water partition coefficient (Wildman–Crippen LogP) is 2.48. The number of nitrogens with zero attached hydrogens (tertiary/aromatic N) is 1. The fourth-order valence-corrected chi connectivity index (χ4v) is 2.91. The minimum absolute atomic E-state index is 0.151. The topological polar surface area (TPSA) is 53.4 Å². The SMILES string of the molecule is O[C@@H]1c2ncccc2C[C@H](c2cccc(F)c2F)C[C@@H]1O. The quantitative estimate of drug-likeness (QED) is 0.794. The summed E-state index contributed by atoms with van der Waals surface area (Å²) in [7, 11) is 0. The molecule has 0 saturated heterocycles. The Hall–Kier alpha value is -1.85. The molecule has 2 N–H and O–H groups in total. The molecule has 2 aromatic rings. The Morgan fingerprint density at radius 1 is 1.10 bits per heavy atom. The second-order valence-corrected chi connectivity index (χ2v) is 5.34. The zero-order valence-corrected chi connectivity index (χ0v) is 11.2. The standard InChI is InChI=1S/C16H15F2NO2/c17-12-5-1-4-11(14(12)18)10-7-9-3-2-6-19-15(9)16(21)13(20)8-10/h1-6,10,13,16,20-21H,7-8H2/t10-,13-,16-/m0/s1. The van der Waals surface area contributed by atoms with Crippen molar-refractivity contribution in [1.29, 1.82) is 0 Å². The molecule has 1 aliphatic carbocycles. The number of halogens is 2. The van der Waals surface area contributed by atoms with Crippen molar-refractivity contribution in [2.24, 2.45) is 0 Å². The molecule has 0 fully saturated rings. The van der Waals surface area contributed by atoms with E-state index >= 15 is 0 Å². The van der Waals surface area contributed by atoms with E-state index < -0.39 is 29.8 Å². The van der Waals surface area contributed by atoms with Gasteiger partial charge in [0.1, 0.15) is 6.10 Å². The van der Waals surface area contributed by atoms with Gasteiger partial charge in [0.25, 0.3) is 0 Å². The summed E-state index contributed by atoms with van der Waals surface area (Å²) >= 11 is 0. The third kappa shape index (κ3) is 2.54. The van der Waals surface area contributed by atoms with Crippen LogP contribution in [0.1, 0.15) is 35.3 Å². The van der Waals surface area contributed by atoms with Crippen molar-refractivity contribution in [3.05, 3.63) is 65.0 Å². The van der Waals surface area contributed by atoms with E-state index in [0.717, 1.165) is 11.6 Å². The minimum Gasteiger partial charge on any atom is -0.390 e. The minimum atomic E-state index is -1.11. The normalized spacial score (nSPS) is 25.2. The summed E-state index contributed by atoms with van der Waals surface area (Å²) in [5, 5.41) is 20.2. The summed E-state index contributed by atoms with van der Waals surface area (Å²) in [5.41, 5.74) is 1.37. The second kappa shape index (κ2) is 5.50. The number of rotatable bonds is 1. The van der Waals surface area contributed by atoms with Crippen molar-refractivity contribution in [3.63, 3.8) is 0 Å². The van der Waals surface area contributed by atoms with Gasteiger partial charge in [0.05, 0.1) is 11.8 Å². The lowest BCUT2D eigenvalue weighted by Gasteiger charge is -2.19. The van der Waals surface area contributed by atoms with Crippen molar-refractivity contribution >= 4 is 0 Å². The molecule has 1 heterocycles. The summed E-state index contributed by atoms with van der Waals surface area (Å²) in [5.74, 6) is -2.20.